The zero-order chi connectivity index (χ0) is 18.6. The number of rotatable bonds is 6. The van der Waals surface area contributed by atoms with Gasteiger partial charge < -0.3 is 5.32 Å². The van der Waals surface area contributed by atoms with Crippen molar-refractivity contribution >= 4 is 45.0 Å². The van der Waals surface area contributed by atoms with Crippen LogP contribution in [0.25, 0.3) is 0 Å². The summed E-state index contributed by atoms with van der Waals surface area (Å²) in [5.41, 5.74) is -0.356. The van der Waals surface area contributed by atoms with Gasteiger partial charge in [-0.15, -0.1) is 0 Å². The van der Waals surface area contributed by atoms with Gasteiger partial charge in [0.15, 0.2) is 0 Å². The largest absolute Gasteiger partial charge is 0.348 e. The second kappa shape index (κ2) is 8.69. The molecule has 0 bridgehead atoms. The molecule has 1 heterocycles. The normalized spacial score (nSPS) is 12.0. The van der Waals surface area contributed by atoms with E-state index in [0.29, 0.717) is 16.5 Å². The van der Waals surface area contributed by atoms with Crippen molar-refractivity contribution in [3.8, 4) is 0 Å². The third kappa shape index (κ3) is 5.20. The number of aromatic nitrogens is 2. The summed E-state index contributed by atoms with van der Waals surface area (Å²) in [5.74, 6) is -0.356. The van der Waals surface area contributed by atoms with Gasteiger partial charge >= 0.3 is 5.69 Å². The fraction of sp³-hybridized carbons (Fsp3) is 0.312. The average molecular weight is 449 g/mol. The Hall–Kier alpha value is -1.57. The molecule has 0 fully saturated rings. The molecule has 134 valence electrons. The highest BCUT2D eigenvalue weighted by atomic mass is 79.9. The van der Waals surface area contributed by atoms with E-state index < -0.39 is 11.2 Å². The summed E-state index contributed by atoms with van der Waals surface area (Å²) < 4.78 is 1.30. The smallest absolute Gasteiger partial charge is 0.328 e. The van der Waals surface area contributed by atoms with Gasteiger partial charge in [-0.05, 0) is 40.0 Å². The van der Waals surface area contributed by atoms with Crippen molar-refractivity contribution in [3.05, 3.63) is 65.3 Å². The van der Waals surface area contributed by atoms with Crippen LogP contribution >= 0.6 is 39.1 Å². The van der Waals surface area contributed by atoms with Crippen molar-refractivity contribution < 1.29 is 4.79 Å². The van der Waals surface area contributed by atoms with Crippen molar-refractivity contribution in [2.45, 2.75) is 32.4 Å². The number of carbonyl (C=O) groups excluding carboxylic acids is 1. The fourth-order valence-corrected chi connectivity index (χ4v) is 2.99. The summed E-state index contributed by atoms with van der Waals surface area (Å²) in [7, 11) is 0. The Balaban J connectivity index is 2.18. The average Bonchev–Trinajstić information content (AvgIpc) is 2.55. The molecule has 2 N–H and O–H groups in total. The quantitative estimate of drug-likeness (QED) is 0.711. The fourth-order valence-electron chi connectivity index (χ4n) is 2.33. The van der Waals surface area contributed by atoms with E-state index in [9.17, 15) is 14.4 Å². The SMILES string of the molecule is CCCC(NC(=O)Cn1cc(Br)c(=O)[nH]c1=O)c1ccc(Cl)c(Cl)c1. The molecule has 1 amide bonds. The van der Waals surface area contributed by atoms with Crippen LogP contribution in [-0.4, -0.2) is 15.5 Å². The number of nitrogens with one attached hydrogen (secondary N) is 2. The van der Waals surface area contributed by atoms with Crippen LogP contribution in [0, 0.1) is 0 Å². The molecule has 0 aliphatic heterocycles. The van der Waals surface area contributed by atoms with Gasteiger partial charge in [-0.2, -0.15) is 0 Å². The van der Waals surface area contributed by atoms with E-state index in [1.54, 1.807) is 18.2 Å². The highest BCUT2D eigenvalue weighted by molar-refractivity contribution is 9.10. The molecule has 1 aromatic carbocycles. The Morgan fingerprint density at radius 2 is 2.04 bits per heavy atom. The van der Waals surface area contributed by atoms with E-state index in [4.69, 9.17) is 23.2 Å². The van der Waals surface area contributed by atoms with Gasteiger partial charge in [0.05, 0.1) is 20.6 Å². The van der Waals surface area contributed by atoms with Crippen LogP contribution in [0.5, 0.6) is 0 Å². The molecule has 0 spiro atoms. The molecular weight excluding hydrogens is 433 g/mol. The second-order valence-electron chi connectivity index (χ2n) is 5.45. The van der Waals surface area contributed by atoms with E-state index >= 15 is 0 Å². The van der Waals surface area contributed by atoms with Crippen LogP contribution in [0.2, 0.25) is 10.0 Å². The molecule has 0 aliphatic carbocycles. The van der Waals surface area contributed by atoms with Gasteiger partial charge in [0.25, 0.3) is 5.56 Å². The molecule has 2 aromatic rings. The van der Waals surface area contributed by atoms with E-state index in [0.717, 1.165) is 16.6 Å². The summed E-state index contributed by atoms with van der Waals surface area (Å²) >= 11 is 15.0. The van der Waals surface area contributed by atoms with Gasteiger partial charge in [0, 0.05) is 6.20 Å². The topological polar surface area (TPSA) is 84.0 Å². The molecule has 0 aliphatic rings. The molecule has 1 atom stereocenters. The summed E-state index contributed by atoms with van der Waals surface area (Å²) in [6.45, 7) is 1.79. The van der Waals surface area contributed by atoms with Gasteiger partial charge in [-0.25, -0.2) is 4.79 Å². The van der Waals surface area contributed by atoms with Crippen molar-refractivity contribution in [3.63, 3.8) is 0 Å². The molecule has 25 heavy (non-hydrogen) atoms. The van der Waals surface area contributed by atoms with Crippen molar-refractivity contribution in [2.75, 3.05) is 0 Å². The zero-order valence-electron chi connectivity index (χ0n) is 13.3. The Kier molecular flexibility index (Phi) is 6.87. The van der Waals surface area contributed by atoms with Crippen LogP contribution in [-0.2, 0) is 11.3 Å². The van der Waals surface area contributed by atoms with E-state index in [1.807, 2.05) is 6.92 Å². The first-order chi connectivity index (χ1) is 11.8. The van der Waals surface area contributed by atoms with E-state index in [2.05, 4.69) is 26.2 Å². The maximum Gasteiger partial charge on any atom is 0.328 e. The van der Waals surface area contributed by atoms with Crippen LogP contribution in [0.1, 0.15) is 31.4 Å². The molecule has 1 aromatic heterocycles. The number of hydrogen-bond acceptors (Lipinski definition) is 3. The molecule has 9 heteroatoms. The first-order valence-electron chi connectivity index (χ1n) is 7.55. The lowest BCUT2D eigenvalue weighted by Gasteiger charge is -2.19. The Morgan fingerprint density at radius 1 is 1.32 bits per heavy atom. The summed E-state index contributed by atoms with van der Waals surface area (Å²) in [5, 5.41) is 3.74. The van der Waals surface area contributed by atoms with E-state index in [1.165, 1.54) is 6.20 Å². The number of hydrogen-bond donors (Lipinski definition) is 2. The standard InChI is InChI=1S/C16H16BrCl2N3O3/c1-2-3-13(9-4-5-11(18)12(19)6-9)20-14(23)8-22-7-10(17)15(24)21-16(22)25/h4-7,13H,2-3,8H2,1H3,(H,20,23)(H,21,24,25). The molecule has 1 unspecified atom stereocenters. The summed E-state index contributed by atoms with van der Waals surface area (Å²) in [6.07, 6.45) is 2.83. The lowest BCUT2D eigenvalue weighted by molar-refractivity contribution is -0.122. The molecule has 2 rings (SSSR count). The Morgan fingerprint density at radius 3 is 2.68 bits per heavy atom. The lowest BCUT2D eigenvalue weighted by Crippen LogP contribution is -2.37. The number of aromatic amines is 1. The summed E-state index contributed by atoms with van der Waals surface area (Å²) in [4.78, 5) is 37.6. The highest BCUT2D eigenvalue weighted by Gasteiger charge is 2.16. The van der Waals surface area contributed by atoms with Gasteiger partial charge in [-0.1, -0.05) is 42.6 Å². The monoisotopic (exact) mass is 447 g/mol. The van der Waals surface area contributed by atoms with Gasteiger partial charge in [-0.3, -0.25) is 19.1 Å². The lowest BCUT2D eigenvalue weighted by atomic mass is 10.0. The number of H-pyrrole nitrogens is 1. The number of benzene rings is 1. The minimum absolute atomic E-state index is 0.175. The maximum atomic E-state index is 12.3. The molecular formula is C16H16BrCl2N3O3. The molecule has 0 radical (unpaired) electrons. The van der Waals surface area contributed by atoms with Crippen LogP contribution < -0.4 is 16.6 Å². The maximum absolute atomic E-state index is 12.3. The predicted octanol–water partition coefficient (Wildman–Crippen LogP) is 3.26. The van der Waals surface area contributed by atoms with Crippen LogP contribution in [0.3, 0.4) is 0 Å². The Labute approximate surface area is 162 Å². The zero-order valence-corrected chi connectivity index (χ0v) is 16.4. The molecule has 6 nitrogen and oxygen atoms in total. The van der Waals surface area contributed by atoms with E-state index in [-0.39, 0.29) is 23.0 Å². The summed E-state index contributed by atoms with van der Waals surface area (Å²) in [6, 6.07) is 4.94. The minimum Gasteiger partial charge on any atom is -0.348 e. The van der Waals surface area contributed by atoms with Crippen molar-refractivity contribution in [1.82, 2.24) is 14.9 Å². The number of halogens is 3. The minimum atomic E-state index is -0.648. The predicted molar refractivity (Wildman–Crippen MR) is 101 cm³/mol. The molecule has 0 saturated carbocycles. The molecule has 0 saturated heterocycles. The van der Waals surface area contributed by atoms with Crippen LogP contribution in [0.15, 0.2) is 38.5 Å². The van der Waals surface area contributed by atoms with Gasteiger partial charge in [0.2, 0.25) is 5.91 Å². The third-order valence-electron chi connectivity index (χ3n) is 3.54. The number of amides is 1. The number of carbonyl (C=O) groups is 1. The Bertz CT molecular complexity index is 895. The van der Waals surface area contributed by atoms with Crippen LogP contribution in [0.4, 0.5) is 0 Å². The highest BCUT2D eigenvalue weighted by Crippen LogP contribution is 2.27. The van der Waals surface area contributed by atoms with Gasteiger partial charge in [0.1, 0.15) is 6.54 Å². The van der Waals surface area contributed by atoms with Crippen molar-refractivity contribution in [2.24, 2.45) is 0 Å². The first kappa shape index (κ1) is 19.8. The second-order valence-corrected chi connectivity index (χ2v) is 7.12. The number of nitrogens with zero attached hydrogens (tertiary/aromatic N) is 1. The first-order valence-corrected chi connectivity index (χ1v) is 9.10. The third-order valence-corrected chi connectivity index (χ3v) is 4.84. The van der Waals surface area contributed by atoms with Crippen molar-refractivity contribution in [1.29, 1.82) is 0 Å².